The van der Waals surface area contributed by atoms with E-state index in [0.29, 0.717) is 25.4 Å². The third-order valence-corrected chi connectivity index (χ3v) is 6.96. The minimum Gasteiger partial charge on any atom is -0.492 e. The number of rotatable bonds is 10. The molecule has 0 aliphatic heterocycles. The van der Waals surface area contributed by atoms with Crippen molar-refractivity contribution in [1.29, 1.82) is 0 Å². The van der Waals surface area contributed by atoms with Gasteiger partial charge in [-0.3, -0.25) is 9.59 Å². The summed E-state index contributed by atoms with van der Waals surface area (Å²) >= 11 is 0. The van der Waals surface area contributed by atoms with Gasteiger partial charge in [0.1, 0.15) is 10.6 Å². The summed E-state index contributed by atoms with van der Waals surface area (Å²) in [5, 5.41) is 2.59. The summed E-state index contributed by atoms with van der Waals surface area (Å²) in [7, 11) is -3.78. The molecule has 1 fully saturated rings. The molecule has 2 rings (SSSR count). The minimum atomic E-state index is -3.78. The van der Waals surface area contributed by atoms with E-state index in [9.17, 15) is 18.0 Å². The van der Waals surface area contributed by atoms with Gasteiger partial charge in [0.2, 0.25) is 10.0 Å². The molecule has 1 aromatic rings. The van der Waals surface area contributed by atoms with Crippen molar-refractivity contribution >= 4 is 27.6 Å². The zero-order chi connectivity index (χ0) is 21.4. The van der Waals surface area contributed by atoms with Crippen LogP contribution < -0.4 is 10.1 Å². The van der Waals surface area contributed by atoms with Gasteiger partial charge in [-0.1, -0.05) is 26.7 Å². The number of benzene rings is 1. The number of sulfonamides is 1. The molecule has 1 aliphatic carbocycles. The van der Waals surface area contributed by atoms with Gasteiger partial charge < -0.3 is 14.8 Å². The summed E-state index contributed by atoms with van der Waals surface area (Å²) in [4.78, 5) is 24.1. The van der Waals surface area contributed by atoms with Crippen LogP contribution in [0.4, 0.5) is 5.69 Å². The number of anilines is 1. The fourth-order valence-corrected chi connectivity index (χ4v) is 4.99. The third-order valence-electron chi connectivity index (χ3n) is 4.88. The normalized spacial score (nSPS) is 14.8. The van der Waals surface area contributed by atoms with Crippen molar-refractivity contribution in [2.45, 2.75) is 51.3 Å². The number of amides is 1. The van der Waals surface area contributed by atoms with E-state index in [1.54, 1.807) is 26.8 Å². The maximum absolute atomic E-state index is 13.0. The van der Waals surface area contributed by atoms with E-state index < -0.39 is 22.5 Å². The second kappa shape index (κ2) is 10.6. The van der Waals surface area contributed by atoms with Gasteiger partial charge in [0.05, 0.1) is 12.5 Å². The van der Waals surface area contributed by atoms with E-state index in [-0.39, 0.29) is 22.5 Å². The van der Waals surface area contributed by atoms with Crippen LogP contribution in [0.3, 0.4) is 0 Å². The van der Waals surface area contributed by atoms with Gasteiger partial charge in [-0.2, -0.15) is 4.31 Å². The molecular weight excluding hydrogens is 396 g/mol. The van der Waals surface area contributed by atoms with Crippen molar-refractivity contribution in [1.82, 2.24) is 4.31 Å². The fraction of sp³-hybridized carbons (Fsp3) is 0.600. The Bertz CT molecular complexity index is 814. The van der Waals surface area contributed by atoms with Gasteiger partial charge in [-0.15, -0.1) is 0 Å². The van der Waals surface area contributed by atoms with E-state index in [1.807, 2.05) is 0 Å². The van der Waals surface area contributed by atoms with Crippen LogP contribution in [-0.4, -0.2) is 50.9 Å². The Morgan fingerprint density at radius 2 is 1.79 bits per heavy atom. The Kier molecular flexibility index (Phi) is 8.45. The summed E-state index contributed by atoms with van der Waals surface area (Å²) in [6.07, 6.45) is 3.60. The number of hydrogen-bond acceptors (Lipinski definition) is 6. The first-order valence-electron chi connectivity index (χ1n) is 10.1. The third kappa shape index (κ3) is 5.93. The van der Waals surface area contributed by atoms with Gasteiger partial charge >= 0.3 is 5.97 Å². The van der Waals surface area contributed by atoms with Crippen molar-refractivity contribution in [3.05, 3.63) is 18.2 Å². The highest BCUT2D eigenvalue weighted by Gasteiger charge is 2.27. The van der Waals surface area contributed by atoms with Gasteiger partial charge in [0, 0.05) is 18.8 Å². The highest BCUT2D eigenvalue weighted by Crippen LogP contribution is 2.30. The lowest BCUT2D eigenvalue weighted by Gasteiger charge is -2.21. The maximum atomic E-state index is 13.0. The first kappa shape index (κ1) is 23.2. The van der Waals surface area contributed by atoms with Gasteiger partial charge in [0.25, 0.3) is 5.91 Å². The number of nitrogens with zero attached hydrogens (tertiary/aromatic N) is 1. The molecule has 1 aliphatic rings. The van der Waals surface area contributed by atoms with Crippen LogP contribution in [0.1, 0.15) is 46.5 Å². The lowest BCUT2D eigenvalue weighted by atomic mass is 10.1. The first-order chi connectivity index (χ1) is 13.8. The summed E-state index contributed by atoms with van der Waals surface area (Å²) in [5.74, 6) is -0.773. The molecule has 1 saturated carbocycles. The Balaban J connectivity index is 2.12. The van der Waals surface area contributed by atoms with E-state index >= 15 is 0 Å². The summed E-state index contributed by atoms with van der Waals surface area (Å²) in [5.41, 5.74) is 0.293. The topological polar surface area (TPSA) is 102 Å². The van der Waals surface area contributed by atoms with Crippen LogP contribution in [0, 0.1) is 5.92 Å². The predicted molar refractivity (Wildman–Crippen MR) is 109 cm³/mol. The molecule has 0 atom stereocenters. The number of hydrogen-bond donors (Lipinski definition) is 1. The standard InChI is InChI=1S/C20H30N2O6S/c1-4-22(5-2)29(25,26)18-13-16(11-12-17(18)27-6-3)21-19(23)14-28-20(24)15-9-7-8-10-15/h11-13,15H,4-10,14H2,1-3H3,(H,21,23). The lowest BCUT2D eigenvalue weighted by molar-refractivity contribution is -0.151. The number of esters is 1. The summed E-state index contributed by atoms with van der Waals surface area (Å²) in [6, 6.07) is 4.44. The maximum Gasteiger partial charge on any atom is 0.309 e. The van der Waals surface area contributed by atoms with Crippen LogP contribution >= 0.6 is 0 Å². The molecule has 0 unspecified atom stereocenters. The number of carbonyl (C=O) groups is 2. The molecule has 0 heterocycles. The van der Waals surface area contributed by atoms with E-state index in [0.717, 1.165) is 25.7 Å². The quantitative estimate of drug-likeness (QED) is 0.577. The highest BCUT2D eigenvalue weighted by molar-refractivity contribution is 7.89. The van der Waals surface area contributed by atoms with Crippen LogP contribution in [0.25, 0.3) is 0 Å². The molecule has 0 radical (unpaired) electrons. The van der Waals surface area contributed by atoms with E-state index in [2.05, 4.69) is 5.32 Å². The second-order valence-electron chi connectivity index (χ2n) is 6.82. The van der Waals surface area contributed by atoms with Crippen LogP contribution in [-0.2, 0) is 24.3 Å². The van der Waals surface area contributed by atoms with Crippen LogP contribution in [0.5, 0.6) is 5.75 Å². The number of ether oxygens (including phenoxy) is 2. The van der Waals surface area contributed by atoms with Crippen molar-refractivity contribution in [2.24, 2.45) is 5.92 Å². The monoisotopic (exact) mass is 426 g/mol. The minimum absolute atomic E-state index is 0.0104. The first-order valence-corrected chi connectivity index (χ1v) is 11.5. The molecule has 1 amide bonds. The molecule has 162 valence electrons. The smallest absolute Gasteiger partial charge is 0.309 e. The zero-order valence-corrected chi connectivity index (χ0v) is 18.1. The molecular formula is C20H30N2O6S. The molecule has 0 saturated heterocycles. The SMILES string of the molecule is CCOc1ccc(NC(=O)COC(=O)C2CCCC2)cc1S(=O)(=O)N(CC)CC. The van der Waals surface area contributed by atoms with Gasteiger partial charge in [0.15, 0.2) is 6.61 Å². The number of carbonyl (C=O) groups excluding carboxylic acids is 2. The van der Waals surface area contributed by atoms with Gasteiger partial charge in [-0.05, 0) is 38.0 Å². The Hall–Kier alpha value is -2.13. The van der Waals surface area contributed by atoms with Gasteiger partial charge in [-0.25, -0.2) is 8.42 Å². The van der Waals surface area contributed by atoms with Crippen LogP contribution in [0.2, 0.25) is 0 Å². The molecule has 0 spiro atoms. The molecule has 0 bridgehead atoms. The lowest BCUT2D eigenvalue weighted by Crippen LogP contribution is -2.31. The van der Waals surface area contributed by atoms with Crippen molar-refractivity contribution in [3.63, 3.8) is 0 Å². The Morgan fingerprint density at radius 3 is 2.38 bits per heavy atom. The van der Waals surface area contributed by atoms with Crippen molar-refractivity contribution in [3.8, 4) is 5.75 Å². The molecule has 0 aromatic heterocycles. The summed E-state index contributed by atoms with van der Waals surface area (Å²) in [6.45, 7) is 5.82. The Labute approximate surface area is 172 Å². The number of nitrogens with one attached hydrogen (secondary N) is 1. The molecule has 29 heavy (non-hydrogen) atoms. The average Bonchev–Trinajstić information content (AvgIpc) is 3.23. The molecule has 8 nitrogen and oxygen atoms in total. The molecule has 1 N–H and O–H groups in total. The Morgan fingerprint density at radius 1 is 1.14 bits per heavy atom. The molecule has 1 aromatic carbocycles. The van der Waals surface area contributed by atoms with E-state index in [1.165, 1.54) is 16.4 Å². The van der Waals surface area contributed by atoms with E-state index in [4.69, 9.17) is 9.47 Å². The van der Waals surface area contributed by atoms with Crippen molar-refractivity contribution < 1.29 is 27.5 Å². The molecule has 9 heteroatoms. The predicted octanol–water partition coefficient (Wildman–Crippen LogP) is 2.79. The summed E-state index contributed by atoms with van der Waals surface area (Å²) < 4.78 is 37.8. The highest BCUT2D eigenvalue weighted by atomic mass is 32.2. The van der Waals surface area contributed by atoms with Crippen LogP contribution in [0.15, 0.2) is 23.1 Å². The fourth-order valence-electron chi connectivity index (χ4n) is 3.38. The van der Waals surface area contributed by atoms with Crippen molar-refractivity contribution in [2.75, 3.05) is 31.6 Å². The second-order valence-corrected chi connectivity index (χ2v) is 8.73. The zero-order valence-electron chi connectivity index (χ0n) is 17.3. The largest absolute Gasteiger partial charge is 0.492 e. The average molecular weight is 427 g/mol.